The smallest absolute Gasteiger partial charge is 0.127 e. The largest absolute Gasteiger partial charge is 0.497 e. The molecule has 2 aromatic carbocycles. The number of hydrogen-bond donors (Lipinski definition) is 2. The van der Waals surface area contributed by atoms with Gasteiger partial charge in [-0.3, -0.25) is 0 Å². The van der Waals surface area contributed by atoms with E-state index in [1.165, 1.54) is 0 Å². The minimum absolute atomic E-state index is 0.469. The second kappa shape index (κ2) is 8.17. The van der Waals surface area contributed by atoms with Gasteiger partial charge in [0.15, 0.2) is 0 Å². The first kappa shape index (κ1) is 16.8. The van der Waals surface area contributed by atoms with E-state index in [2.05, 4.69) is 21.2 Å². The van der Waals surface area contributed by atoms with E-state index in [1.54, 1.807) is 14.2 Å². The van der Waals surface area contributed by atoms with Gasteiger partial charge in [0, 0.05) is 29.2 Å². The molecule has 2 rings (SSSR count). The van der Waals surface area contributed by atoms with Crippen molar-refractivity contribution in [1.82, 2.24) is 5.32 Å². The van der Waals surface area contributed by atoms with Crippen LogP contribution in [0.2, 0.25) is 0 Å². The molecule has 0 aliphatic heterocycles. The fraction of sp³-hybridized carbons (Fsp3) is 0.294. The molecule has 1 atom stereocenters. The molecule has 0 fully saturated rings. The quantitative estimate of drug-likeness (QED) is 0.790. The maximum absolute atomic E-state index is 10.2. The maximum atomic E-state index is 10.2. The molecule has 5 heteroatoms. The van der Waals surface area contributed by atoms with E-state index in [1.807, 2.05) is 42.5 Å². The van der Waals surface area contributed by atoms with Crippen LogP contribution in [-0.4, -0.2) is 25.9 Å². The average Bonchev–Trinajstić information content (AvgIpc) is 2.55. The minimum atomic E-state index is -0.544. The number of methoxy groups -OCH3 is 2. The lowest BCUT2D eigenvalue weighted by Crippen LogP contribution is -2.21. The molecule has 1 unspecified atom stereocenters. The van der Waals surface area contributed by atoms with Gasteiger partial charge in [-0.1, -0.05) is 34.1 Å². The van der Waals surface area contributed by atoms with Crippen molar-refractivity contribution >= 4 is 15.9 Å². The molecule has 0 saturated carbocycles. The van der Waals surface area contributed by atoms with Crippen LogP contribution in [-0.2, 0) is 6.54 Å². The average molecular weight is 366 g/mol. The monoisotopic (exact) mass is 365 g/mol. The molecule has 0 aromatic heterocycles. The van der Waals surface area contributed by atoms with Crippen molar-refractivity contribution in [3.05, 3.63) is 58.1 Å². The Kier molecular flexibility index (Phi) is 6.24. The van der Waals surface area contributed by atoms with E-state index in [0.29, 0.717) is 13.1 Å². The van der Waals surface area contributed by atoms with Crippen LogP contribution in [0, 0.1) is 0 Å². The van der Waals surface area contributed by atoms with Crippen LogP contribution in [0.1, 0.15) is 17.2 Å². The molecule has 0 radical (unpaired) electrons. The van der Waals surface area contributed by atoms with Gasteiger partial charge in [0.2, 0.25) is 0 Å². The molecule has 2 aromatic rings. The molecule has 0 aliphatic carbocycles. The Balaban J connectivity index is 1.91. The summed E-state index contributed by atoms with van der Waals surface area (Å²) in [6, 6.07) is 13.4. The van der Waals surface area contributed by atoms with E-state index in [-0.39, 0.29) is 0 Å². The Morgan fingerprint density at radius 2 is 1.82 bits per heavy atom. The Morgan fingerprint density at radius 1 is 1.09 bits per heavy atom. The lowest BCUT2D eigenvalue weighted by atomic mass is 10.1. The number of aliphatic hydroxyl groups excluding tert-OH is 1. The first-order valence-corrected chi connectivity index (χ1v) is 7.78. The molecule has 0 heterocycles. The highest BCUT2D eigenvalue weighted by molar-refractivity contribution is 9.10. The summed E-state index contributed by atoms with van der Waals surface area (Å²) in [5.74, 6) is 1.53. The van der Waals surface area contributed by atoms with E-state index in [9.17, 15) is 5.11 Å². The summed E-state index contributed by atoms with van der Waals surface area (Å²) in [6.07, 6.45) is -0.544. The molecule has 0 amide bonds. The van der Waals surface area contributed by atoms with E-state index < -0.39 is 6.10 Å². The molecular formula is C17H20BrNO3. The molecule has 4 nitrogen and oxygen atoms in total. The second-order valence-electron chi connectivity index (χ2n) is 4.88. The van der Waals surface area contributed by atoms with E-state index in [4.69, 9.17) is 9.47 Å². The van der Waals surface area contributed by atoms with Crippen molar-refractivity contribution in [2.75, 3.05) is 20.8 Å². The van der Waals surface area contributed by atoms with Crippen molar-refractivity contribution in [1.29, 1.82) is 0 Å². The Bertz CT molecular complexity index is 601. The van der Waals surface area contributed by atoms with E-state index >= 15 is 0 Å². The number of aliphatic hydroxyl groups is 1. The number of halogens is 1. The molecule has 22 heavy (non-hydrogen) atoms. The number of hydrogen-bond acceptors (Lipinski definition) is 4. The summed E-state index contributed by atoms with van der Waals surface area (Å²) in [6.45, 7) is 1.08. The zero-order valence-electron chi connectivity index (χ0n) is 12.7. The van der Waals surface area contributed by atoms with Crippen LogP contribution < -0.4 is 14.8 Å². The highest BCUT2D eigenvalue weighted by Gasteiger charge is 2.09. The molecule has 0 saturated heterocycles. The normalized spacial score (nSPS) is 12.0. The predicted octanol–water partition coefficient (Wildman–Crippen LogP) is 3.29. The molecule has 0 aliphatic rings. The number of rotatable bonds is 7. The SMILES string of the molecule is COc1ccc(CNCC(O)c2ccc(Br)cc2)c(OC)c1. The third-order valence-corrected chi connectivity index (χ3v) is 3.93. The summed E-state index contributed by atoms with van der Waals surface area (Å²) in [5.41, 5.74) is 1.91. The third kappa shape index (κ3) is 4.47. The molecular weight excluding hydrogens is 346 g/mol. The van der Waals surface area contributed by atoms with Crippen LogP contribution in [0.15, 0.2) is 46.9 Å². The predicted molar refractivity (Wildman–Crippen MR) is 90.4 cm³/mol. The molecule has 0 spiro atoms. The fourth-order valence-corrected chi connectivity index (χ4v) is 2.41. The van der Waals surface area contributed by atoms with Crippen LogP contribution in [0.5, 0.6) is 11.5 Å². The third-order valence-electron chi connectivity index (χ3n) is 3.40. The van der Waals surface area contributed by atoms with Crippen molar-refractivity contribution in [3.63, 3.8) is 0 Å². The zero-order valence-corrected chi connectivity index (χ0v) is 14.3. The van der Waals surface area contributed by atoms with Gasteiger partial charge >= 0.3 is 0 Å². The minimum Gasteiger partial charge on any atom is -0.497 e. The van der Waals surface area contributed by atoms with Gasteiger partial charge in [0.25, 0.3) is 0 Å². The van der Waals surface area contributed by atoms with Gasteiger partial charge in [-0.05, 0) is 23.8 Å². The van der Waals surface area contributed by atoms with Gasteiger partial charge in [-0.2, -0.15) is 0 Å². The van der Waals surface area contributed by atoms with Gasteiger partial charge in [-0.25, -0.2) is 0 Å². The first-order chi connectivity index (χ1) is 10.6. The lowest BCUT2D eigenvalue weighted by Gasteiger charge is -2.14. The summed E-state index contributed by atoms with van der Waals surface area (Å²) < 4.78 is 11.5. The molecule has 2 N–H and O–H groups in total. The Morgan fingerprint density at radius 3 is 2.45 bits per heavy atom. The molecule has 0 bridgehead atoms. The van der Waals surface area contributed by atoms with Crippen LogP contribution in [0.3, 0.4) is 0 Å². The summed E-state index contributed by atoms with van der Waals surface area (Å²) in [7, 11) is 3.26. The standard InChI is InChI=1S/C17H20BrNO3/c1-21-15-8-5-13(17(9-15)22-2)10-19-11-16(20)12-3-6-14(18)7-4-12/h3-9,16,19-20H,10-11H2,1-2H3. The Labute approximate surface area is 139 Å². The number of ether oxygens (including phenoxy) is 2. The van der Waals surface area contributed by atoms with E-state index in [0.717, 1.165) is 27.1 Å². The molecule has 118 valence electrons. The van der Waals surface area contributed by atoms with Crippen LogP contribution in [0.25, 0.3) is 0 Å². The summed E-state index contributed by atoms with van der Waals surface area (Å²) >= 11 is 3.38. The highest BCUT2D eigenvalue weighted by atomic mass is 79.9. The number of nitrogens with one attached hydrogen (secondary N) is 1. The summed E-state index contributed by atoms with van der Waals surface area (Å²) in [5, 5.41) is 13.4. The van der Waals surface area contributed by atoms with Crippen molar-refractivity contribution < 1.29 is 14.6 Å². The maximum Gasteiger partial charge on any atom is 0.127 e. The number of benzene rings is 2. The topological polar surface area (TPSA) is 50.7 Å². The van der Waals surface area contributed by atoms with Crippen LogP contribution >= 0.6 is 15.9 Å². The van der Waals surface area contributed by atoms with Crippen molar-refractivity contribution in [2.45, 2.75) is 12.6 Å². The first-order valence-electron chi connectivity index (χ1n) is 6.99. The van der Waals surface area contributed by atoms with Gasteiger partial charge in [0.05, 0.1) is 20.3 Å². The summed E-state index contributed by atoms with van der Waals surface area (Å²) in [4.78, 5) is 0. The van der Waals surface area contributed by atoms with Gasteiger partial charge in [0.1, 0.15) is 11.5 Å². The van der Waals surface area contributed by atoms with Gasteiger partial charge < -0.3 is 19.9 Å². The van der Waals surface area contributed by atoms with Crippen molar-refractivity contribution in [3.8, 4) is 11.5 Å². The van der Waals surface area contributed by atoms with Crippen molar-refractivity contribution in [2.24, 2.45) is 0 Å². The van der Waals surface area contributed by atoms with Crippen LogP contribution in [0.4, 0.5) is 0 Å². The zero-order chi connectivity index (χ0) is 15.9. The highest BCUT2D eigenvalue weighted by Crippen LogP contribution is 2.24. The fourth-order valence-electron chi connectivity index (χ4n) is 2.14. The lowest BCUT2D eigenvalue weighted by molar-refractivity contribution is 0.174. The van der Waals surface area contributed by atoms with Gasteiger partial charge in [-0.15, -0.1) is 0 Å². The Hall–Kier alpha value is -1.56. The second-order valence-corrected chi connectivity index (χ2v) is 5.79.